The SMILES string of the molecule is Cc1cc(C)n(-c2ccc(Nc3ccc(NC(=O)Cc4ccc(F)cc4F)cc3)nn2)n1. The molecule has 0 aliphatic rings. The molecule has 32 heavy (non-hydrogen) atoms. The Labute approximate surface area is 183 Å². The van der Waals surface area contributed by atoms with Crippen molar-refractivity contribution in [2.75, 3.05) is 10.6 Å². The van der Waals surface area contributed by atoms with E-state index in [-0.39, 0.29) is 12.0 Å². The van der Waals surface area contributed by atoms with Crippen LogP contribution in [0.5, 0.6) is 0 Å². The van der Waals surface area contributed by atoms with Gasteiger partial charge in [-0.3, -0.25) is 4.79 Å². The summed E-state index contributed by atoms with van der Waals surface area (Å²) < 4.78 is 28.4. The summed E-state index contributed by atoms with van der Waals surface area (Å²) in [4.78, 5) is 12.2. The monoisotopic (exact) mass is 434 g/mol. The van der Waals surface area contributed by atoms with Gasteiger partial charge in [0.25, 0.3) is 0 Å². The lowest BCUT2D eigenvalue weighted by atomic mass is 10.1. The number of rotatable bonds is 6. The first-order valence-electron chi connectivity index (χ1n) is 9.85. The highest BCUT2D eigenvalue weighted by molar-refractivity contribution is 5.92. The van der Waals surface area contributed by atoms with Crippen molar-refractivity contribution < 1.29 is 13.6 Å². The molecule has 0 spiro atoms. The molecule has 0 aliphatic heterocycles. The molecule has 0 saturated carbocycles. The predicted octanol–water partition coefficient (Wildman–Crippen LogP) is 4.48. The van der Waals surface area contributed by atoms with E-state index in [1.54, 1.807) is 35.0 Å². The van der Waals surface area contributed by atoms with Crippen LogP contribution in [0, 0.1) is 25.5 Å². The first kappa shape index (κ1) is 21.1. The first-order valence-corrected chi connectivity index (χ1v) is 9.85. The van der Waals surface area contributed by atoms with Crippen LogP contribution >= 0.6 is 0 Å². The van der Waals surface area contributed by atoms with Crippen molar-refractivity contribution in [2.45, 2.75) is 20.3 Å². The van der Waals surface area contributed by atoms with Gasteiger partial charge < -0.3 is 10.6 Å². The number of aromatic nitrogens is 4. The minimum atomic E-state index is -0.746. The van der Waals surface area contributed by atoms with Crippen LogP contribution in [0.2, 0.25) is 0 Å². The number of carbonyl (C=O) groups excluding carboxylic acids is 1. The fourth-order valence-corrected chi connectivity index (χ4v) is 3.19. The van der Waals surface area contributed by atoms with E-state index in [9.17, 15) is 13.6 Å². The molecule has 1 amide bonds. The Kier molecular flexibility index (Phi) is 5.89. The van der Waals surface area contributed by atoms with Crippen LogP contribution in [0.4, 0.5) is 26.0 Å². The Hall–Kier alpha value is -4.14. The average Bonchev–Trinajstić information content (AvgIpc) is 3.10. The summed E-state index contributed by atoms with van der Waals surface area (Å²) in [6.45, 7) is 3.87. The first-order chi connectivity index (χ1) is 15.4. The fourth-order valence-electron chi connectivity index (χ4n) is 3.19. The molecule has 0 saturated heterocycles. The molecule has 0 unspecified atom stereocenters. The molecule has 2 N–H and O–H groups in total. The van der Waals surface area contributed by atoms with Gasteiger partial charge in [-0.25, -0.2) is 13.5 Å². The summed E-state index contributed by atoms with van der Waals surface area (Å²) in [7, 11) is 0. The zero-order valence-electron chi connectivity index (χ0n) is 17.4. The van der Waals surface area contributed by atoms with E-state index >= 15 is 0 Å². The van der Waals surface area contributed by atoms with Crippen LogP contribution in [-0.2, 0) is 11.2 Å². The van der Waals surface area contributed by atoms with E-state index < -0.39 is 17.5 Å². The summed E-state index contributed by atoms with van der Waals surface area (Å²) >= 11 is 0. The highest BCUT2D eigenvalue weighted by Gasteiger charge is 2.10. The maximum atomic E-state index is 13.7. The van der Waals surface area contributed by atoms with Crippen molar-refractivity contribution in [1.29, 1.82) is 0 Å². The van der Waals surface area contributed by atoms with E-state index in [0.29, 0.717) is 17.3 Å². The second kappa shape index (κ2) is 8.93. The largest absolute Gasteiger partial charge is 0.339 e. The molecular weight excluding hydrogens is 414 g/mol. The summed E-state index contributed by atoms with van der Waals surface area (Å²) in [5, 5.41) is 18.6. The van der Waals surface area contributed by atoms with Crippen LogP contribution in [0.25, 0.3) is 5.82 Å². The van der Waals surface area contributed by atoms with E-state index in [1.165, 1.54) is 6.07 Å². The van der Waals surface area contributed by atoms with Crippen molar-refractivity contribution in [3.63, 3.8) is 0 Å². The third kappa shape index (κ3) is 4.94. The third-order valence-corrected chi connectivity index (χ3v) is 4.68. The molecule has 7 nitrogen and oxygen atoms in total. The number of nitrogens with one attached hydrogen (secondary N) is 2. The number of amides is 1. The van der Waals surface area contributed by atoms with Gasteiger partial charge in [0.1, 0.15) is 11.6 Å². The molecule has 0 atom stereocenters. The van der Waals surface area contributed by atoms with Crippen LogP contribution in [0.15, 0.2) is 60.7 Å². The maximum Gasteiger partial charge on any atom is 0.228 e. The van der Waals surface area contributed by atoms with Gasteiger partial charge in [0.15, 0.2) is 11.6 Å². The number of anilines is 3. The fraction of sp³-hybridized carbons (Fsp3) is 0.130. The van der Waals surface area contributed by atoms with E-state index in [0.717, 1.165) is 29.2 Å². The average molecular weight is 434 g/mol. The zero-order valence-corrected chi connectivity index (χ0v) is 17.4. The number of halogens is 2. The van der Waals surface area contributed by atoms with E-state index in [2.05, 4.69) is 25.9 Å². The van der Waals surface area contributed by atoms with Crippen molar-refractivity contribution in [1.82, 2.24) is 20.0 Å². The number of hydrogen-bond donors (Lipinski definition) is 2. The second-order valence-electron chi connectivity index (χ2n) is 7.28. The van der Waals surface area contributed by atoms with Gasteiger partial charge in [0.2, 0.25) is 5.91 Å². The molecular formula is C23H20F2N6O. The Balaban J connectivity index is 1.36. The molecule has 162 valence electrons. The summed E-state index contributed by atoms with van der Waals surface area (Å²) in [5.41, 5.74) is 3.30. The van der Waals surface area contributed by atoms with Crippen LogP contribution in [-0.4, -0.2) is 25.9 Å². The quantitative estimate of drug-likeness (QED) is 0.467. The lowest BCUT2D eigenvalue weighted by molar-refractivity contribution is -0.115. The Morgan fingerprint density at radius 3 is 2.31 bits per heavy atom. The molecule has 2 heterocycles. The Morgan fingerprint density at radius 1 is 0.938 bits per heavy atom. The lowest BCUT2D eigenvalue weighted by Gasteiger charge is -2.09. The topological polar surface area (TPSA) is 84.7 Å². The van der Waals surface area contributed by atoms with Crippen LogP contribution in [0.3, 0.4) is 0 Å². The van der Waals surface area contributed by atoms with Crippen molar-refractivity contribution >= 4 is 23.1 Å². The van der Waals surface area contributed by atoms with Gasteiger partial charge in [0, 0.05) is 23.1 Å². The second-order valence-corrected chi connectivity index (χ2v) is 7.28. The Bertz CT molecular complexity index is 1250. The molecule has 4 aromatic rings. The molecule has 9 heteroatoms. The normalized spacial score (nSPS) is 10.8. The predicted molar refractivity (Wildman–Crippen MR) is 117 cm³/mol. The number of benzene rings is 2. The molecule has 2 aromatic carbocycles. The van der Waals surface area contributed by atoms with Crippen LogP contribution < -0.4 is 10.6 Å². The molecule has 0 aliphatic carbocycles. The van der Waals surface area contributed by atoms with Crippen LogP contribution in [0.1, 0.15) is 17.0 Å². The van der Waals surface area contributed by atoms with Crippen molar-refractivity contribution in [3.05, 3.63) is 89.2 Å². The highest BCUT2D eigenvalue weighted by Crippen LogP contribution is 2.19. The number of aryl methyl sites for hydroxylation is 2. The number of hydrogen-bond acceptors (Lipinski definition) is 5. The molecule has 2 aromatic heterocycles. The van der Waals surface area contributed by atoms with Gasteiger partial charge in [-0.2, -0.15) is 5.10 Å². The van der Waals surface area contributed by atoms with Gasteiger partial charge in [-0.15, -0.1) is 10.2 Å². The van der Waals surface area contributed by atoms with Gasteiger partial charge in [-0.1, -0.05) is 6.07 Å². The number of carbonyl (C=O) groups is 1. The van der Waals surface area contributed by atoms with Gasteiger partial charge >= 0.3 is 0 Å². The minimum Gasteiger partial charge on any atom is -0.339 e. The maximum absolute atomic E-state index is 13.7. The highest BCUT2D eigenvalue weighted by atomic mass is 19.1. The van der Waals surface area contributed by atoms with Crippen molar-refractivity contribution in [2.24, 2.45) is 0 Å². The van der Waals surface area contributed by atoms with Gasteiger partial charge in [0.05, 0.1) is 12.1 Å². The minimum absolute atomic E-state index is 0.129. The smallest absolute Gasteiger partial charge is 0.228 e. The number of nitrogens with zero attached hydrogens (tertiary/aromatic N) is 4. The Morgan fingerprint density at radius 2 is 1.69 bits per heavy atom. The molecule has 0 fully saturated rings. The molecule has 0 bridgehead atoms. The lowest BCUT2D eigenvalue weighted by Crippen LogP contribution is -2.15. The summed E-state index contributed by atoms with van der Waals surface area (Å²) in [6.07, 6.45) is -0.191. The molecule has 0 radical (unpaired) electrons. The molecule has 4 rings (SSSR count). The zero-order chi connectivity index (χ0) is 22.7. The van der Waals surface area contributed by atoms with E-state index in [4.69, 9.17) is 0 Å². The van der Waals surface area contributed by atoms with Gasteiger partial charge in [-0.05, 0) is 67.9 Å². The van der Waals surface area contributed by atoms with E-state index in [1.807, 2.05) is 26.0 Å². The summed E-state index contributed by atoms with van der Waals surface area (Å²) in [6, 6.07) is 15.7. The van der Waals surface area contributed by atoms with Crippen molar-refractivity contribution in [3.8, 4) is 5.82 Å². The third-order valence-electron chi connectivity index (χ3n) is 4.68. The summed E-state index contributed by atoms with van der Waals surface area (Å²) in [5.74, 6) is -0.650. The standard InChI is InChI=1S/C23H20F2N6O/c1-14-11-15(2)31(30-14)22-10-9-21(28-29-22)26-18-5-7-19(8-6-18)27-23(32)12-16-3-4-17(24)13-20(16)25/h3-11,13H,12H2,1-2H3,(H,26,28)(H,27,32).